The van der Waals surface area contributed by atoms with Gasteiger partial charge in [-0.2, -0.15) is 0 Å². The van der Waals surface area contributed by atoms with Crippen molar-refractivity contribution in [3.63, 3.8) is 0 Å². The molecular weight excluding hydrogens is 318 g/mol. The first-order valence-corrected chi connectivity index (χ1v) is 7.56. The molecule has 20 heavy (non-hydrogen) atoms. The Labute approximate surface area is 128 Å². The molecule has 0 bridgehead atoms. The van der Waals surface area contributed by atoms with Crippen LogP contribution in [-0.4, -0.2) is 37.1 Å². The van der Waals surface area contributed by atoms with Crippen LogP contribution >= 0.6 is 15.9 Å². The Kier molecular flexibility index (Phi) is 5.63. The molecule has 2 rings (SSSR count). The van der Waals surface area contributed by atoms with Crippen molar-refractivity contribution in [2.24, 2.45) is 5.92 Å². The van der Waals surface area contributed by atoms with Gasteiger partial charge in [0.05, 0.1) is 6.61 Å². The Morgan fingerprint density at radius 2 is 2.00 bits per heavy atom. The van der Waals surface area contributed by atoms with Crippen LogP contribution in [0.1, 0.15) is 23.2 Å². The van der Waals surface area contributed by atoms with Gasteiger partial charge in [-0.1, -0.05) is 21.9 Å². The van der Waals surface area contributed by atoms with Gasteiger partial charge < -0.3 is 9.64 Å². The number of piperidine rings is 1. The molecule has 1 aliphatic rings. The molecule has 0 N–H and O–H groups in total. The molecule has 0 atom stereocenters. The summed E-state index contributed by atoms with van der Waals surface area (Å²) in [5.74, 6) is 3.09. The van der Waals surface area contributed by atoms with E-state index in [1.807, 2.05) is 29.2 Å². The van der Waals surface area contributed by atoms with E-state index < -0.39 is 0 Å². The zero-order chi connectivity index (χ0) is 14.4. The molecule has 0 unspecified atom stereocenters. The molecule has 1 heterocycles. The second-order valence-electron chi connectivity index (χ2n) is 4.96. The summed E-state index contributed by atoms with van der Waals surface area (Å²) in [6.07, 6.45) is 7.11. The number of ether oxygens (including phenoxy) is 1. The maximum absolute atomic E-state index is 12.3. The lowest BCUT2D eigenvalue weighted by atomic mass is 9.97. The zero-order valence-electron chi connectivity index (χ0n) is 11.3. The van der Waals surface area contributed by atoms with Gasteiger partial charge in [-0.15, -0.1) is 6.42 Å². The first kappa shape index (κ1) is 15.1. The van der Waals surface area contributed by atoms with Crippen LogP contribution in [0.5, 0.6) is 0 Å². The van der Waals surface area contributed by atoms with Gasteiger partial charge in [0.15, 0.2) is 0 Å². The summed E-state index contributed by atoms with van der Waals surface area (Å²) < 4.78 is 6.36. The number of nitrogens with zero attached hydrogens (tertiary/aromatic N) is 1. The number of carbonyl (C=O) groups excluding carboxylic acids is 1. The number of amides is 1. The SMILES string of the molecule is C#CCOCC1CCN(C(=O)c2ccc(Br)cc2)CC1. The van der Waals surface area contributed by atoms with Crippen LogP contribution < -0.4 is 0 Å². The van der Waals surface area contributed by atoms with E-state index >= 15 is 0 Å². The van der Waals surface area contributed by atoms with Crippen molar-refractivity contribution in [2.45, 2.75) is 12.8 Å². The van der Waals surface area contributed by atoms with Crippen molar-refractivity contribution in [3.05, 3.63) is 34.3 Å². The first-order chi connectivity index (χ1) is 9.70. The van der Waals surface area contributed by atoms with Crippen LogP contribution in [0.25, 0.3) is 0 Å². The monoisotopic (exact) mass is 335 g/mol. The van der Waals surface area contributed by atoms with Crippen LogP contribution in [0, 0.1) is 18.3 Å². The van der Waals surface area contributed by atoms with Crippen LogP contribution in [0.15, 0.2) is 28.7 Å². The Morgan fingerprint density at radius 3 is 2.60 bits per heavy atom. The lowest BCUT2D eigenvalue weighted by molar-refractivity contribution is 0.0582. The number of carbonyl (C=O) groups is 1. The van der Waals surface area contributed by atoms with E-state index in [9.17, 15) is 4.79 Å². The van der Waals surface area contributed by atoms with Gasteiger partial charge in [-0.05, 0) is 43.0 Å². The van der Waals surface area contributed by atoms with Gasteiger partial charge in [0.1, 0.15) is 6.61 Å². The van der Waals surface area contributed by atoms with Crippen molar-refractivity contribution in [1.29, 1.82) is 0 Å². The van der Waals surface area contributed by atoms with Crippen molar-refractivity contribution in [3.8, 4) is 12.3 Å². The summed E-state index contributed by atoms with van der Waals surface area (Å²) in [5, 5.41) is 0. The highest BCUT2D eigenvalue weighted by Crippen LogP contribution is 2.20. The highest BCUT2D eigenvalue weighted by Gasteiger charge is 2.23. The van der Waals surface area contributed by atoms with E-state index in [0.29, 0.717) is 19.1 Å². The first-order valence-electron chi connectivity index (χ1n) is 6.76. The number of hydrogen-bond donors (Lipinski definition) is 0. The summed E-state index contributed by atoms with van der Waals surface area (Å²) in [4.78, 5) is 14.2. The second kappa shape index (κ2) is 7.47. The number of terminal acetylenes is 1. The maximum Gasteiger partial charge on any atom is 0.253 e. The van der Waals surface area contributed by atoms with Gasteiger partial charge in [-0.3, -0.25) is 4.79 Å². The number of hydrogen-bond acceptors (Lipinski definition) is 2. The van der Waals surface area contributed by atoms with E-state index in [2.05, 4.69) is 21.9 Å². The summed E-state index contributed by atoms with van der Waals surface area (Å²) in [6, 6.07) is 7.50. The molecule has 0 spiro atoms. The molecule has 3 nitrogen and oxygen atoms in total. The van der Waals surface area contributed by atoms with Gasteiger partial charge in [0.2, 0.25) is 0 Å². The van der Waals surface area contributed by atoms with E-state index in [-0.39, 0.29) is 5.91 Å². The fraction of sp³-hybridized carbons (Fsp3) is 0.438. The number of rotatable bonds is 4. The Hall–Kier alpha value is -1.31. The molecular formula is C16H18BrNO2. The molecule has 0 saturated carbocycles. The average Bonchev–Trinajstić information content (AvgIpc) is 2.48. The minimum atomic E-state index is 0.112. The zero-order valence-corrected chi connectivity index (χ0v) is 12.9. The second-order valence-corrected chi connectivity index (χ2v) is 5.88. The minimum Gasteiger partial charge on any atom is -0.369 e. The van der Waals surface area contributed by atoms with E-state index in [1.165, 1.54) is 0 Å². The molecule has 0 aliphatic carbocycles. The third kappa shape index (κ3) is 4.09. The third-order valence-corrected chi connectivity index (χ3v) is 4.06. The molecule has 0 aromatic heterocycles. The van der Waals surface area contributed by atoms with Crippen LogP contribution in [0.2, 0.25) is 0 Å². The largest absolute Gasteiger partial charge is 0.369 e. The normalized spacial score (nSPS) is 15.9. The number of benzene rings is 1. The topological polar surface area (TPSA) is 29.5 Å². The fourth-order valence-corrected chi connectivity index (χ4v) is 2.63. The summed E-state index contributed by atoms with van der Waals surface area (Å²) in [5.41, 5.74) is 0.746. The predicted molar refractivity (Wildman–Crippen MR) is 82.4 cm³/mol. The minimum absolute atomic E-state index is 0.112. The molecule has 0 radical (unpaired) electrons. The van der Waals surface area contributed by atoms with E-state index in [1.54, 1.807) is 0 Å². The van der Waals surface area contributed by atoms with Crippen LogP contribution in [0.4, 0.5) is 0 Å². The number of likely N-dealkylation sites (tertiary alicyclic amines) is 1. The molecule has 1 aliphatic heterocycles. The highest BCUT2D eigenvalue weighted by molar-refractivity contribution is 9.10. The molecule has 1 aromatic rings. The van der Waals surface area contributed by atoms with Gasteiger partial charge in [0, 0.05) is 23.1 Å². The highest BCUT2D eigenvalue weighted by atomic mass is 79.9. The van der Waals surface area contributed by atoms with Crippen LogP contribution in [0.3, 0.4) is 0 Å². The van der Waals surface area contributed by atoms with Crippen molar-refractivity contribution in [1.82, 2.24) is 4.90 Å². The Morgan fingerprint density at radius 1 is 1.35 bits per heavy atom. The molecule has 1 aromatic carbocycles. The van der Waals surface area contributed by atoms with Crippen molar-refractivity contribution < 1.29 is 9.53 Å². The number of halogens is 1. The fourth-order valence-electron chi connectivity index (χ4n) is 2.36. The molecule has 1 saturated heterocycles. The van der Waals surface area contributed by atoms with Gasteiger partial charge in [0.25, 0.3) is 5.91 Å². The van der Waals surface area contributed by atoms with Gasteiger partial charge >= 0.3 is 0 Å². The average molecular weight is 336 g/mol. The quantitative estimate of drug-likeness (QED) is 0.625. The van der Waals surface area contributed by atoms with Gasteiger partial charge in [-0.25, -0.2) is 0 Å². The van der Waals surface area contributed by atoms with E-state index in [4.69, 9.17) is 11.2 Å². The van der Waals surface area contributed by atoms with E-state index in [0.717, 1.165) is 36.0 Å². The van der Waals surface area contributed by atoms with Crippen LogP contribution in [-0.2, 0) is 4.74 Å². The van der Waals surface area contributed by atoms with Crippen molar-refractivity contribution >= 4 is 21.8 Å². The summed E-state index contributed by atoms with van der Waals surface area (Å²) in [6.45, 7) is 2.65. The predicted octanol–water partition coefficient (Wildman–Crippen LogP) is 2.95. The summed E-state index contributed by atoms with van der Waals surface area (Å²) >= 11 is 3.38. The molecule has 106 valence electrons. The lowest BCUT2D eigenvalue weighted by Crippen LogP contribution is -2.39. The molecule has 4 heteroatoms. The lowest BCUT2D eigenvalue weighted by Gasteiger charge is -2.31. The smallest absolute Gasteiger partial charge is 0.253 e. The standard InChI is InChI=1S/C16H18BrNO2/c1-2-11-20-12-13-7-9-18(10-8-13)16(19)14-3-5-15(17)6-4-14/h1,3-6,13H,7-12H2. The van der Waals surface area contributed by atoms with Crippen molar-refractivity contribution in [2.75, 3.05) is 26.3 Å². The molecule has 1 fully saturated rings. The third-order valence-electron chi connectivity index (χ3n) is 3.53. The Bertz CT molecular complexity index is 484. The maximum atomic E-state index is 12.3. The Balaban J connectivity index is 1.83. The molecule has 1 amide bonds. The summed E-state index contributed by atoms with van der Waals surface area (Å²) in [7, 11) is 0.